The zero-order valence-electron chi connectivity index (χ0n) is 7.57. The molecule has 1 saturated heterocycles. The fraction of sp³-hybridized carbons (Fsp3) is 0.455. The second kappa shape index (κ2) is 3.72. The van der Waals surface area contributed by atoms with Crippen LogP contribution in [0.3, 0.4) is 0 Å². The maximum atomic E-state index is 5.31. The van der Waals surface area contributed by atoms with E-state index >= 15 is 0 Å². The molecule has 1 aliphatic heterocycles. The highest BCUT2D eigenvalue weighted by Crippen LogP contribution is 2.35. The van der Waals surface area contributed by atoms with Crippen molar-refractivity contribution in [2.75, 3.05) is 19.0 Å². The van der Waals surface area contributed by atoms with Gasteiger partial charge in [-0.3, -0.25) is 0 Å². The first-order valence-electron chi connectivity index (χ1n) is 4.61. The van der Waals surface area contributed by atoms with E-state index in [4.69, 9.17) is 4.74 Å². The summed E-state index contributed by atoms with van der Waals surface area (Å²) >= 11 is 4.30. The molecule has 0 N–H and O–H groups in total. The second-order valence-corrected chi connectivity index (χ2v) is 4.06. The standard InChI is InChI=1S/C11H14OS/c13-7-6-11(8-12-9-11)10-4-2-1-3-5-10/h1-5,13H,6-9H2. The van der Waals surface area contributed by atoms with Gasteiger partial charge in [-0.05, 0) is 17.7 Å². The number of ether oxygens (including phenoxy) is 1. The Balaban J connectivity index is 2.22. The summed E-state index contributed by atoms with van der Waals surface area (Å²) < 4.78 is 5.31. The quantitative estimate of drug-likeness (QED) is 0.726. The van der Waals surface area contributed by atoms with Crippen LogP contribution in [0.5, 0.6) is 0 Å². The number of hydrogen-bond donors (Lipinski definition) is 1. The van der Waals surface area contributed by atoms with Gasteiger partial charge in [0.05, 0.1) is 13.2 Å². The molecule has 0 aliphatic carbocycles. The predicted octanol–water partition coefficient (Wildman–Crippen LogP) is 2.27. The van der Waals surface area contributed by atoms with E-state index in [-0.39, 0.29) is 5.41 Å². The molecule has 0 saturated carbocycles. The average Bonchev–Trinajstić information content (AvgIpc) is 2.13. The summed E-state index contributed by atoms with van der Waals surface area (Å²) in [5.74, 6) is 0.929. The van der Waals surface area contributed by atoms with Gasteiger partial charge in [0.1, 0.15) is 0 Å². The predicted molar refractivity (Wildman–Crippen MR) is 57.4 cm³/mol. The van der Waals surface area contributed by atoms with Crippen molar-refractivity contribution in [1.29, 1.82) is 0 Å². The maximum absolute atomic E-state index is 5.31. The summed E-state index contributed by atoms with van der Waals surface area (Å²) in [6.45, 7) is 1.72. The lowest BCUT2D eigenvalue weighted by atomic mass is 9.76. The third-order valence-corrected chi connectivity index (χ3v) is 2.96. The third kappa shape index (κ3) is 1.61. The molecule has 0 radical (unpaired) electrons. The molecule has 2 heteroatoms. The van der Waals surface area contributed by atoms with Gasteiger partial charge in [-0.2, -0.15) is 12.6 Å². The van der Waals surface area contributed by atoms with Gasteiger partial charge in [-0.1, -0.05) is 30.3 Å². The highest BCUT2D eigenvalue weighted by atomic mass is 32.1. The lowest BCUT2D eigenvalue weighted by Gasteiger charge is -2.41. The van der Waals surface area contributed by atoms with Gasteiger partial charge in [-0.15, -0.1) is 0 Å². The first-order chi connectivity index (χ1) is 6.37. The van der Waals surface area contributed by atoms with E-state index < -0.39 is 0 Å². The minimum atomic E-state index is 0.267. The van der Waals surface area contributed by atoms with E-state index in [1.165, 1.54) is 5.56 Å². The summed E-state index contributed by atoms with van der Waals surface area (Å²) in [6.07, 6.45) is 1.11. The Labute approximate surface area is 84.5 Å². The van der Waals surface area contributed by atoms with E-state index in [1.807, 2.05) is 0 Å². The summed E-state index contributed by atoms with van der Waals surface area (Å²) in [6, 6.07) is 10.6. The molecule has 2 rings (SSSR count). The molecule has 0 bridgehead atoms. The van der Waals surface area contributed by atoms with Crippen molar-refractivity contribution in [3.63, 3.8) is 0 Å². The molecule has 1 aromatic carbocycles. The fourth-order valence-corrected chi connectivity index (χ4v) is 2.24. The Morgan fingerprint density at radius 3 is 2.38 bits per heavy atom. The van der Waals surface area contributed by atoms with Crippen LogP contribution < -0.4 is 0 Å². The van der Waals surface area contributed by atoms with Gasteiger partial charge in [0, 0.05) is 5.41 Å². The molecule has 13 heavy (non-hydrogen) atoms. The molecule has 0 atom stereocenters. The van der Waals surface area contributed by atoms with Crippen molar-refractivity contribution in [1.82, 2.24) is 0 Å². The molecule has 70 valence electrons. The topological polar surface area (TPSA) is 9.23 Å². The van der Waals surface area contributed by atoms with Crippen molar-refractivity contribution in [2.45, 2.75) is 11.8 Å². The van der Waals surface area contributed by atoms with E-state index in [0.717, 1.165) is 25.4 Å². The van der Waals surface area contributed by atoms with Crippen LogP contribution in [0, 0.1) is 0 Å². The zero-order valence-corrected chi connectivity index (χ0v) is 8.47. The largest absolute Gasteiger partial charge is 0.379 e. The number of thiol groups is 1. The van der Waals surface area contributed by atoms with Gasteiger partial charge >= 0.3 is 0 Å². The Morgan fingerprint density at radius 1 is 1.23 bits per heavy atom. The van der Waals surface area contributed by atoms with Crippen LogP contribution in [0.2, 0.25) is 0 Å². The summed E-state index contributed by atoms with van der Waals surface area (Å²) in [5.41, 5.74) is 1.67. The van der Waals surface area contributed by atoms with E-state index in [0.29, 0.717) is 0 Å². The fourth-order valence-electron chi connectivity index (χ4n) is 1.81. The summed E-state index contributed by atoms with van der Waals surface area (Å²) in [5, 5.41) is 0. The highest BCUT2D eigenvalue weighted by molar-refractivity contribution is 7.80. The van der Waals surface area contributed by atoms with Crippen molar-refractivity contribution < 1.29 is 4.74 Å². The van der Waals surface area contributed by atoms with Gasteiger partial charge in [-0.25, -0.2) is 0 Å². The van der Waals surface area contributed by atoms with Crippen molar-refractivity contribution >= 4 is 12.6 Å². The van der Waals surface area contributed by atoms with Crippen LogP contribution in [0.25, 0.3) is 0 Å². The average molecular weight is 194 g/mol. The molecule has 1 nitrogen and oxygen atoms in total. The molecule has 1 aromatic rings. The minimum Gasteiger partial charge on any atom is -0.379 e. The third-order valence-electron chi connectivity index (χ3n) is 2.73. The number of benzene rings is 1. The summed E-state index contributed by atoms with van der Waals surface area (Å²) in [7, 11) is 0. The molecular weight excluding hydrogens is 180 g/mol. The molecule has 1 fully saturated rings. The highest BCUT2D eigenvalue weighted by Gasteiger charge is 2.39. The second-order valence-electron chi connectivity index (χ2n) is 3.61. The van der Waals surface area contributed by atoms with E-state index in [1.54, 1.807) is 0 Å². The molecular formula is C11H14OS. The Kier molecular flexibility index (Phi) is 2.61. The number of rotatable bonds is 3. The van der Waals surface area contributed by atoms with Crippen LogP contribution in [-0.2, 0) is 10.2 Å². The molecule has 0 amide bonds. The van der Waals surface area contributed by atoms with Crippen LogP contribution in [-0.4, -0.2) is 19.0 Å². The Hall–Kier alpha value is -0.470. The van der Waals surface area contributed by atoms with Crippen molar-refractivity contribution in [2.24, 2.45) is 0 Å². The van der Waals surface area contributed by atoms with Gasteiger partial charge < -0.3 is 4.74 Å². The molecule has 0 aromatic heterocycles. The number of hydrogen-bond acceptors (Lipinski definition) is 2. The van der Waals surface area contributed by atoms with E-state index in [2.05, 4.69) is 43.0 Å². The summed E-state index contributed by atoms with van der Waals surface area (Å²) in [4.78, 5) is 0. The Morgan fingerprint density at radius 2 is 1.92 bits per heavy atom. The molecule has 0 spiro atoms. The van der Waals surface area contributed by atoms with E-state index in [9.17, 15) is 0 Å². The SMILES string of the molecule is SCCC1(c2ccccc2)COC1. The van der Waals surface area contributed by atoms with Crippen LogP contribution in [0.1, 0.15) is 12.0 Å². The monoisotopic (exact) mass is 194 g/mol. The molecule has 1 aliphatic rings. The lowest BCUT2D eigenvalue weighted by molar-refractivity contribution is -0.0613. The van der Waals surface area contributed by atoms with Gasteiger partial charge in [0.15, 0.2) is 0 Å². The van der Waals surface area contributed by atoms with Gasteiger partial charge in [0.2, 0.25) is 0 Å². The minimum absolute atomic E-state index is 0.267. The smallest absolute Gasteiger partial charge is 0.0585 e. The Bertz CT molecular complexity index is 267. The van der Waals surface area contributed by atoms with Crippen LogP contribution in [0.4, 0.5) is 0 Å². The lowest BCUT2D eigenvalue weighted by Crippen LogP contribution is -2.47. The van der Waals surface area contributed by atoms with Crippen molar-refractivity contribution in [3.8, 4) is 0 Å². The first kappa shape index (κ1) is 9.10. The van der Waals surface area contributed by atoms with Crippen LogP contribution in [0.15, 0.2) is 30.3 Å². The normalized spacial score (nSPS) is 19.5. The van der Waals surface area contributed by atoms with Crippen LogP contribution >= 0.6 is 12.6 Å². The molecule has 1 heterocycles. The van der Waals surface area contributed by atoms with Gasteiger partial charge in [0.25, 0.3) is 0 Å². The first-order valence-corrected chi connectivity index (χ1v) is 5.25. The van der Waals surface area contributed by atoms with Crippen molar-refractivity contribution in [3.05, 3.63) is 35.9 Å². The maximum Gasteiger partial charge on any atom is 0.0585 e. The zero-order chi connectivity index (χ0) is 9.15. The molecule has 0 unspecified atom stereocenters.